The molecule has 1 aliphatic heterocycles. The lowest BCUT2D eigenvalue weighted by atomic mass is 10.0. The van der Waals surface area contributed by atoms with Gasteiger partial charge < -0.3 is 24.6 Å². The minimum atomic E-state index is -0.540. The highest BCUT2D eigenvalue weighted by Gasteiger charge is 2.32. The van der Waals surface area contributed by atoms with Crippen molar-refractivity contribution in [3.8, 4) is 0 Å². The molecule has 3 atom stereocenters. The lowest BCUT2D eigenvalue weighted by molar-refractivity contribution is -0.245. The van der Waals surface area contributed by atoms with Crippen molar-refractivity contribution >= 4 is 39.4 Å². The summed E-state index contributed by atoms with van der Waals surface area (Å²) in [7, 11) is 0. The predicted molar refractivity (Wildman–Crippen MR) is 154 cm³/mol. The molecule has 1 aromatic heterocycles. The van der Waals surface area contributed by atoms with Crippen molar-refractivity contribution in [2.24, 2.45) is 0 Å². The third-order valence-corrected chi connectivity index (χ3v) is 8.61. The number of alkyl carbamates (subject to hydrolysis) is 1. The number of amides is 1. The molecular weight excluding hydrogens is 532 g/mol. The van der Waals surface area contributed by atoms with Gasteiger partial charge in [0, 0.05) is 24.3 Å². The largest absolute Gasteiger partial charge is 0.445 e. The Balaban J connectivity index is 1.28. The molecule has 202 valence electrons. The van der Waals surface area contributed by atoms with E-state index >= 15 is 0 Å². The Morgan fingerprint density at radius 1 is 1.08 bits per heavy atom. The number of benzene rings is 3. The number of aliphatic hydroxyl groups is 1. The lowest BCUT2D eigenvalue weighted by Gasteiger charge is -2.36. The van der Waals surface area contributed by atoms with Crippen molar-refractivity contribution in [1.29, 1.82) is 0 Å². The molecule has 7 nitrogen and oxygen atoms in total. The predicted octanol–water partition coefficient (Wildman–Crippen LogP) is 6.54. The van der Waals surface area contributed by atoms with Crippen LogP contribution < -0.4 is 5.32 Å². The van der Waals surface area contributed by atoms with Gasteiger partial charge in [-0.3, -0.25) is 0 Å². The summed E-state index contributed by atoms with van der Waals surface area (Å²) >= 11 is 3.40. The summed E-state index contributed by atoms with van der Waals surface area (Å²) in [5.41, 5.74) is 4.77. The minimum Gasteiger partial charge on any atom is -0.445 e. The molecule has 39 heavy (non-hydrogen) atoms. The summed E-state index contributed by atoms with van der Waals surface area (Å²) in [6, 6.07) is 23.9. The quantitative estimate of drug-likeness (QED) is 0.168. The minimum absolute atomic E-state index is 0.00611. The molecular formula is C30H30N2O5S2. The molecule has 0 aliphatic carbocycles. The monoisotopic (exact) mass is 562 g/mol. The zero-order valence-corrected chi connectivity index (χ0v) is 23.0. The summed E-state index contributed by atoms with van der Waals surface area (Å²) in [5, 5.41) is 12.2. The summed E-state index contributed by atoms with van der Waals surface area (Å²) in [4.78, 5) is 16.5. The first kappa shape index (κ1) is 27.4. The smallest absolute Gasteiger partial charge is 0.407 e. The van der Waals surface area contributed by atoms with Crippen molar-refractivity contribution in [3.63, 3.8) is 0 Å². The number of ether oxygens (including phenoxy) is 3. The Morgan fingerprint density at radius 3 is 2.56 bits per heavy atom. The SMILES string of the molecule is C=CCOC(=O)NCc1ccc([C@@H]2O[C@H](CSc3nc4ccccc4s3)C[C@H](c3ccc(CO)cc3)O2)cc1. The van der Waals surface area contributed by atoms with Crippen molar-refractivity contribution in [2.45, 2.75) is 42.4 Å². The fourth-order valence-corrected chi connectivity index (χ4v) is 6.36. The zero-order valence-electron chi connectivity index (χ0n) is 21.3. The van der Waals surface area contributed by atoms with Crippen LogP contribution in [0.25, 0.3) is 10.2 Å². The van der Waals surface area contributed by atoms with E-state index < -0.39 is 12.4 Å². The molecule has 0 saturated carbocycles. The number of rotatable bonds is 10. The normalized spacial score (nSPS) is 19.1. The number of nitrogens with one attached hydrogen (secondary N) is 1. The molecule has 0 radical (unpaired) electrons. The van der Waals surface area contributed by atoms with E-state index in [9.17, 15) is 9.90 Å². The molecule has 2 heterocycles. The van der Waals surface area contributed by atoms with Crippen molar-refractivity contribution in [2.75, 3.05) is 12.4 Å². The first-order valence-corrected chi connectivity index (χ1v) is 14.5. The number of fused-ring (bicyclic) bond motifs is 1. The Morgan fingerprint density at radius 2 is 1.82 bits per heavy atom. The van der Waals surface area contributed by atoms with Crippen LogP contribution in [0.2, 0.25) is 0 Å². The summed E-state index contributed by atoms with van der Waals surface area (Å²) < 4.78 is 20.0. The van der Waals surface area contributed by atoms with Crippen LogP contribution >= 0.6 is 23.1 Å². The first-order valence-electron chi connectivity index (χ1n) is 12.7. The molecule has 0 unspecified atom stereocenters. The van der Waals surface area contributed by atoms with Gasteiger partial charge in [0.1, 0.15) is 6.61 Å². The number of aromatic nitrogens is 1. The molecule has 2 N–H and O–H groups in total. The highest BCUT2D eigenvalue weighted by atomic mass is 32.2. The number of para-hydroxylation sites is 1. The van der Waals surface area contributed by atoms with Gasteiger partial charge in [-0.1, -0.05) is 85.1 Å². The van der Waals surface area contributed by atoms with E-state index in [1.807, 2.05) is 66.7 Å². The molecule has 0 bridgehead atoms. The van der Waals surface area contributed by atoms with E-state index in [0.29, 0.717) is 13.0 Å². The average molecular weight is 563 g/mol. The number of thiazole rings is 1. The van der Waals surface area contributed by atoms with Crippen molar-refractivity contribution in [1.82, 2.24) is 10.3 Å². The van der Waals surface area contributed by atoms with Crippen LogP contribution in [0, 0.1) is 0 Å². The Labute approximate surface area is 235 Å². The van der Waals surface area contributed by atoms with E-state index in [1.54, 1.807) is 23.1 Å². The Bertz CT molecular complexity index is 1360. The zero-order chi connectivity index (χ0) is 27.0. The van der Waals surface area contributed by atoms with Crippen LogP contribution in [0.4, 0.5) is 4.79 Å². The number of carbonyl (C=O) groups is 1. The fourth-order valence-electron chi connectivity index (χ4n) is 4.25. The third kappa shape index (κ3) is 7.26. The van der Waals surface area contributed by atoms with Gasteiger partial charge in [0.05, 0.1) is 29.0 Å². The topological polar surface area (TPSA) is 89.9 Å². The van der Waals surface area contributed by atoms with Crippen LogP contribution in [0.3, 0.4) is 0 Å². The molecule has 1 amide bonds. The Hall–Kier alpha value is -3.21. The van der Waals surface area contributed by atoms with E-state index in [2.05, 4.69) is 18.0 Å². The molecule has 0 spiro atoms. The molecule has 5 rings (SSSR count). The molecule has 1 fully saturated rings. The van der Waals surface area contributed by atoms with Crippen LogP contribution in [-0.2, 0) is 27.4 Å². The first-order chi connectivity index (χ1) is 19.1. The average Bonchev–Trinajstić information content (AvgIpc) is 3.41. The summed E-state index contributed by atoms with van der Waals surface area (Å²) in [5.74, 6) is 0.750. The number of nitrogens with zero attached hydrogens (tertiary/aromatic N) is 1. The number of carbonyl (C=O) groups excluding carboxylic acids is 1. The van der Waals surface area contributed by atoms with Crippen LogP contribution in [0.5, 0.6) is 0 Å². The molecule has 3 aromatic carbocycles. The molecule has 1 saturated heterocycles. The third-order valence-electron chi connectivity index (χ3n) is 6.30. The van der Waals surface area contributed by atoms with Gasteiger partial charge in [-0.25, -0.2) is 9.78 Å². The van der Waals surface area contributed by atoms with E-state index in [1.165, 1.54) is 10.8 Å². The van der Waals surface area contributed by atoms with Crippen LogP contribution in [-0.4, -0.2) is 34.6 Å². The Kier molecular flexibility index (Phi) is 9.28. The fraction of sp³-hybridized carbons (Fsp3) is 0.267. The van der Waals surface area contributed by atoms with Crippen LogP contribution in [0.15, 0.2) is 89.8 Å². The molecule has 1 aliphatic rings. The van der Waals surface area contributed by atoms with Gasteiger partial charge in [-0.2, -0.15) is 0 Å². The highest BCUT2D eigenvalue weighted by molar-refractivity contribution is 8.01. The maximum Gasteiger partial charge on any atom is 0.407 e. The van der Waals surface area contributed by atoms with Crippen molar-refractivity contribution in [3.05, 3.63) is 108 Å². The van der Waals surface area contributed by atoms with Gasteiger partial charge in [-0.15, -0.1) is 11.3 Å². The number of thioether (sulfide) groups is 1. The summed E-state index contributed by atoms with van der Waals surface area (Å²) in [6.07, 6.45) is 1.00. The maximum absolute atomic E-state index is 11.7. The second kappa shape index (κ2) is 13.2. The van der Waals surface area contributed by atoms with Gasteiger partial charge in [-0.05, 0) is 28.8 Å². The molecule has 4 aromatic rings. The second-order valence-corrected chi connectivity index (χ2v) is 11.4. The van der Waals surface area contributed by atoms with Gasteiger partial charge in [0.2, 0.25) is 0 Å². The van der Waals surface area contributed by atoms with Crippen LogP contribution in [0.1, 0.15) is 41.1 Å². The lowest BCUT2D eigenvalue weighted by Crippen LogP contribution is -2.31. The maximum atomic E-state index is 11.7. The van der Waals surface area contributed by atoms with E-state index in [4.69, 9.17) is 19.2 Å². The standard InChI is InChI=1S/C30H30N2O5S2/c1-2-15-35-29(34)31-17-20-7-13-23(14-8-20)28-36-24(16-26(37-28)22-11-9-21(18-33)10-12-22)19-38-30-32-25-5-3-4-6-27(25)39-30/h2-14,24,26,28,33H,1,15-19H2,(H,31,34)/t24-,26+,28+/m0/s1. The highest BCUT2D eigenvalue weighted by Crippen LogP contribution is 2.40. The van der Waals surface area contributed by atoms with Gasteiger partial charge in [0.15, 0.2) is 10.6 Å². The van der Waals surface area contributed by atoms with Gasteiger partial charge >= 0.3 is 6.09 Å². The van der Waals surface area contributed by atoms with Gasteiger partial charge in [0.25, 0.3) is 0 Å². The van der Waals surface area contributed by atoms with E-state index in [0.717, 1.165) is 37.9 Å². The van der Waals surface area contributed by atoms with E-state index in [-0.39, 0.29) is 25.4 Å². The number of aliphatic hydroxyl groups excluding tert-OH is 1. The second-order valence-electron chi connectivity index (χ2n) is 9.09. The number of hydrogen-bond acceptors (Lipinski definition) is 8. The van der Waals surface area contributed by atoms with Crippen molar-refractivity contribution < 1.29 is 24.1 Å². The number of hydrogen-bond donors (Lipinski definition) is 2. The summed E-state index contributed by atoms with van der Waals surface area (Å²) in [6.45, 7) is 4.06. The molecule has 9 heteroatoms.